The largest absolute Gasteiger partial charge is 0.455 e. The third-order valence-corrected chi connectivity index (χ3v) is 2.99. The number of rotatable bonds is 3. The van der Waals surface area contributed by atoms with Crippen LogP contribution in [0.1, 0.15) is 23.0 Å². The topological polar surface area (TPSA) is 39.2 Å². The maximum absolute atomic E-state index is 11.6. The fraction of sp³-hybridized carbons (Fsp3) is 0.143. The minimum absolute atomic E-state index is 0.0344. The summed E-state index contributed by atoms with van der Waals surface area (Å²) in [6.07, 6.45) is 1.70. The first-order valence-corrected chi connectivity index (χ1v) is 6.27. The van der Waals surface area contributed by atoms with Crippen LogP contribution in [0.5, 0.6) is 11.5 Å². The fourth-order valence-corrected chi connectivity index (χ4v) is 1.92. The van der Waals surface area contributed by atoms with Crippen molar-refractivity contribution in [2.75, 3.05) is 0 Å². The zero-order chi connectivity index (χ0) is 13.1. The van der Waals surface area contributed by atoms with Crippen LogP contribution in [0.2, 0.25) is 0 Å². The number of aryl methyl sites for hydroxylation is 1. The molecule has 2 rings (SSSR count). The number of nitrogens with zero attached hydrogens (tertiary/aromatic N) is 1. The zero-order valence-electron chi connectivity index (χ0n) is 10.1. The van der Waals surface area contributed by atoms with E-state index in [1.807, 2.05) is 19.1 Å². The third kappa shape index (κ3) is 2.76. The van der Waals surface area contributed by atoms with E-state index >= 15 is 0 Å². The van der Waals surface area contributed by atoms with Crippen molar-refractivity contribution in [3.8, 4) is 11.5 Å². The molecule has 0 aliphatic carbocycles. The van der Waals surface area contributed by atoms with E-state index in [0.717, 1.165) is 10.2 Å². The van der Waals surface area contributed by atoms with Gasteiger partial charge >= 0.3 is 0 Å². The standard InChI is InChI=1S/C14H12BrNO2/c1-9-13(4-3-7-16-9)18-14-6-5-11(15)8-12(14)10(2)17/h3-8H,1-2H3. The van der Waals surface area contributed by atoms with Crippen LogP contribution in [-0.4, -0.2) is 10.8 Å². The molecule has 1 aromatic heterocycles. The molecule has 0 radical (unpaired) electrons. The van der Waals surface area contributed by atoms with Crippen molar-refractivity contribution in [2.45, 2.75) is 13.8 Å². The first kappa shape index (κ1) is 12.8. The second-order valence-corrected chi connectivity index (χ2v) is 4.80. The van der Waals surface area contributed by atoms with Gasteiger partial charge in [0, 0.05) is 10.7 Å². The van der Waals surface area contributed by atoms with Crippen molar-refractivity contribution in [1.29, 1.82) is 0 Å². The minimum atomic E-state index is -0.0344. The van der Waals surface area contributed by atoms with E-state index in [4.69, 9.17) is 4.74 Å². The van der Waals surface area contributed by atoms with Crippen molar-refractivity contribution in [3.63, 3.8) is 0 Å². The van der Waals surface area contributed by atoms with Gasteiger partial charge in [-0.2, -0.15) is 0 Å². The molecule has 0 unspecified atom stereocenters. The molecule has 2 aromatic rings. The summed E-state index contributed by atoms with van der Waals surface area (Å²) >= 11 is 3.34. The number of benzene rings is 1. The first-order valence-electron chi connectivity index (χ1n) is 5.48. The molecule has 0 aliphatic rings. The van der Waals surface area contributed by atoms with Gasteiger partial charge in [-0.15, -0.1) is 0 Å². The molecule has 92 valence electrons. The van der Waals surface area contributed by atoms with Crippen LogP contribution >= 0.6 is 15.9 Å². The van der Waals surface area contributed by atoms with E-state index in [1.54, 1.807) is 24.4 Å². The number of halogens is 1. The molecule has 0 saturated heterocycles. The molecule has 0 fully saturated rings. The maximum Gasteiger partial charge on any atom is 0.163 e. The van der Waals surface area contributed by atoms with Crippen molar-refractivity contribution in [2.24, 2.45) is 0 Å². The highest BCUT2D eigenvalue weighted by Gasteiger charge is 2.11. The number of ketones is 1. The minimum Gasteiger partial charge on any atom is -0.455 e. The Kier molecular flexibility index (Phi) is 3.77. The molecule has 1 aromatic carbocycles. The van der Waals surface area contributed by atoms with Gasteiger partial charge < -0.3 is 4.74 Å². The van der Waals surface area contributed by atoms with Crippen molar-refractivity contribution >= 4 is 21.7 Å². The van der Waals surface area contributed by atoms with Crippen LogP contribution in [-0.2, 0) is 0 Å². The normalized spacial score (nSPS) is 10.2. The summed E-state index contributed by atoms with van der Waals surface area (Å²) in [5.74, 6) is 1.16. The fourth-order valence-electron chi connectivity index (χ4n) is 1.56. The Morgan fingerprint density at radius 2 is 2.06 bits per heavy atom. The predicted molar refractivity (Wildman–Crippen MR) is 73.2 cm³/mol. The zero-order valence-corrected chi connectivity index (χ0v) is 11.7. The van der Waals surface area contributed by atoms with Crippen molar-refractivity contribution in [1.82, 2.24) is 4.98 Å². The highest BCUT2D eigenvalue weighted by molar-refractivity contribution is 9.10. The monoisotopic (exact) mass is 305 g/mol. The molecule has 0 spiro atoms. The van der Waals surface area contributed by atoms with Gasteiger partial charge in [0.05, 0.1) is 11.3 Å². The van der Waals surface area contributed by atoms with E-state index in [0.29, 0.717) is 17.1 Å². The van der Waals surface area contributed by atoms with Gasteiger partial charge in [-0.3, -0.25) is 9.78 Å². The number of carbonyl (C=O) groups is 1. The van der Waals surface area contributed by atoms with E-state index in [9.17, 15) is 4.79 Å². The molecule has 0 aliphatic heterocycles. The van der Waals surface area contributed by atoms with Crippen LogP contribution in [0.4, 0.5) is 0 Å². The average Bonchev–Trinajstić information content (AvgIpc) is 2.34. The molecular weight excluding hydrogens is 294 g/mol. The summed E-state index contributed by atoms with van der Waals surface area (Å²) < 4.78 is 6.60. The van der Waals surface area contributed by atoms with Crippen LogP contribution < -0.4 is 4.74 Å². The van der Waals surface area contributed by atoms with Gasteiger partial charge in [0.1, 0.15) is 11.5 Å². The molecule has 0 atom stereocenters. The lowest BCUT2D eigenvalue weighted by atomic mass is 10.1. The number of ether oxygens (including phenoxy) is 1. The summed E-state index contributed by atoms with van der Waals surface area (Å²) in [7, 11) is 0. The van der Waals surface area contributed by atoms with Crippen LogP contribution in [0.25, 0.3) is 0 Å². The second-order valence-electron chi connectivity index (χ2n) is 3.89. The van der Waals surface area contributed by atoms with Gasteiger partial charge in [-0.05, 0) is 44.2 Å². The SMILES string of the molecule is CC(=O)c1cc(Br)ccc1Oc1cccnc1C. The lowest BCUT2D eigenvalue weighted by Crippen LogP contribution is -1.98. The molecule has 0 bridgehead atoms. The Balaban J connectivity index is 2.41. The van der Waals surface area contributed by atoms with E-state index in [1.165, 1.54) is 6.92 Å². The first-order chi connectivity index (χ1) is 8.58. The Morgan fingerprint density at radius 3 is 2.72 bits per heavy atom. The number of hydrogen-bond donors (Lipinski definition) is 0. The van der Waals surface area contributed by atoms with Gasteiger partial charge in [-0.1, -0.05) is 15.9 Å². The van der Waals surface area contributed by atoms with Crippen LogP contribution in [0, 0.1) is 6.92 Å². The second kappa shape index (κ2) is 5.31. The molecular formula is C14H12BrNO2. The van der Waals surface area contributed by atoms with Crippen LogP contribution in [0.15, 0.2) is 41.0 Å². The van der Waals surface area contributed by atoms with Gasteiger partial charge in [0.25, 0.3) is 0 Å². The molecule has 18 heavy (non-hydrogen) atoms. The quantitative estimate of drug-likeness (QED) is 0.800. The highest BCUT2D eigenvalue weighted by atomic mass is 79.9. The summed E-state index contributed by atoms with van der Waals surface area (Å²) in [5, 5.41) is 0. The Morgan fingerprint density at radius 1 is 1.28 bits per heavy atom. The molecule has 4 heteroatoms. The van der Waals surface area contributed by atoms with Gasteiger partial charge in [0.15, 0.2) is 5.78 Å². The lowest BCUT2D eigenvalue weighted by molar-refractivity contribution is 0.101. The summed E-state index contributed by atoms with van der Waals surface area (Å²) in [5.41, 5.74) is 1.34. The Hall–Kier alpha value is -1.68. The smallest absolute Gasteiger partial charge is 0.163 e. The molecule has 3 nitrogen and oxygen atoms in total. The highest BCUT2D eigenvalue weighted by Crippen LogP contribution is 2.29. The van der Waals surface area contributed by atoms with E-state index in [-0.39, 0.29) is 5.78 Å². The number of carbonyl (C=O) groups excluding carboxylic acids is 1. The number of Topliss-reactive ketones (excluding diaryl/α,β-unsaturated/α-hetero) is 1. The molecule has 1 heterocycles. The summed E-state index contributed by atoms with van der Waals surface area (Å²) in [6, 6.07) is 8.99. The third-order valence-electron chi connectivity index (χ3n) is 2.50. The van der Waals surface area contributed by atoms with Crippen molar-refractivity contribution < 1.29 is 9.53 Å². The molecule has 0 N–H and O–H groups in total. The number of aromatic nitrogens is 1. The summed E-state index contributed by atoms with van der Waals surface area (Å²) in [6.45, 7) is 3.38. The van der Waals surface area contributed by atoms with Gasteiger partial charge in [0.2, 0.25) is 0 Å². The van der Waals surface area contributed by atoms with Crippen LogP contribution in [0.3, 0.4) is 0 Å². The van der Waals surface area contributed by atoms with E-state index < -0.39 is 0 Å². The van der Waals surface area contributed by atoms with E-state index in [2.05, 4.69) is 20.9 Å². The van der Waals surface area contributed by atoms with Crippen molar-refractivity contribution in [3.05, 3.63) is 52.3 Å². The lowest BCUT2D eigenvalue weighted by Gasteiger charge is -2.11. The Bertz CT molecular complexity index is 596. The predicted octanol–water partition coefficient (Wildman–Crippen LogP) is 4.15. The number of hydrogen-bond acceptors (Lipinski definition) is 3. The average molecular weight is 306 g/mol. The van der Waals surface area contributed by atoms with Gasteiger partial charge in [-0.25, -0.2) is 0 Å². The molecule has 0 saturated carbocycles. The summed E-state index contributed by atoms with van der Waals surface area (Å²) in [4.78, 5) is 15.7. The Labute approximate surface area is 114 Å². The maximum atomic E-state index is 11.6. The molecule has 0 amide bonds. The number of pyridine rings is 1.